The lowest BCUT2D eigenvalue weighted by Gasteiger charge is -2.15. The molecule has 0 spiro atoms. The molecule has 114 valence electrons. The molecular formula is C15H29N5. The predicted octanol–water partition coefficient (Wildman–Crippen LogP) is 2.08. The molecule has 0 fully saturated rings. The first-order valence-electron chi connectivity index (χ1n) is 7.52. The number of nitrogens with zero attached hydrogens (tertiary/aromatic N) is 3. The van der Waals surface area contributed by atoms with Gasteiger partial charge in [-0.3, -0.25) is 9.67 Å². The smallest absolute Gasteiger partial charge is 0.188 e. The molecule has 1 rings (SSSR count). The van der Waals surface area contributed by atoms with Crippen LogP contribution in [0.3, 0.4) is 0 Å². The summed E-state index contributed by atoms with van der Waals surface area (Å²) in [6.45, 7) is 7.36. The van der Waals surface area contributed by atoms with Crippen LogP contribution in [0.5, 0.6) is 0 Å². The molecule has 0 unspecified atom stereocenters. The molecule has 0 saturated carbocycles. The molecule has 1 atom stereocenters. The minimum atomic E-state index is 0.384. The molecule has 0 saturated heterocycles. The Morgan fingerprint density at radius 3 is 2.75 bits per heavy atom. The SMILES string of the molecule is CC(C)CCC[C@H](C)NC(N)=NCCc1ccnn1C. The van der Waals surface area contributed by atoms with Gasteiger partial charge in [0, 0.05) is 37.9 Å². The number of hydrogen-bond acceptors (Lipinski definition) is 2. The number of nitrogens with two attached hydrogens (primary N) is 1. The van der Waals surface area contributed by atoms with Gasteiger partial charge in [0.2, 0.25) is 0 Å². The van der Waals surface area contributed by atoms with Crippen LogP contribution in [0.4, 0.5) is 0 Å². The van der Waals surface area contributed by atoms with E-state index >= 15 is 0 Å². The highest BCUT2D eigenvalue weighted by Crippen LogP contribution is 2.08. The maximum atomic E-state index is 5.90. The lowest BCUT2D eigenvalue weighted by Crippen LogP contribution is -2.38. The fourth-order valence-electron chi connectivity index (χ4n) is 2.14. The molecule has 5 heteroatoms. The lowest BCUT2D eigenvalue weighted by atomic mass is 10.0. The number of rotatable bonds is 8. The van der Waals surface area contributed by atoms with E-state index < -0.39 is 0 Å². The normalized spacial score (nSPS) is 13.8. The Labute approximate surface area is 122 Å². The van der Waals surface area contributed by atoms with Crippen molar-refractivity contribution in [3.63, 3.8) is 0 Å². The Morgan fingerprint density at radius 2 is 2.15 bits per heavy atom. The standard InChI is InChI=1S/C15H29N5/c1-12(2)6-5-7-13(3)19-15(16)17-10-8-14-9-11-18-20(14)4/h9,11-13H,5-8,10H2,1-4H3,(H3,16,17,19)/t13-/m0/s1. The molecule has 0 aromatic carbocycles. The second-order valence-corrected chi connectivity index (χ2v) is 5.83. The summed E-state index contributed by atoms with van der Waals surface area (Å²) in [5, 5.41) is 7.39. The zero-order chi connectivity index (χ0) is 15.0. The van der Waals surface area contributed by atoms with Crippen LogP contribution in [0.25, 0.3) is 0 Å². The van der Waals surface area contributed by atoms with E-state index in [9.17, 15) is 0 Å². The summed E-state index contributed by atoms with van der Waals surface area (Å²) in [6, 6.07) is 2.39. The predicted molar refractivity (Wildman–Crippen MR) is 84.7 cm³/mol. The van der Waals surface area contributed by atoms with Crippen molar-refractivity contribution in [3.8, 4) is 0 Å². The highest BCUT2D eigenvalue weighted by molar-refractivity contribution is 5.78. The topological polar surface area (TPSA) is 68.2 Å². The lowest BCUT2D eigenvalue weighted by molar-refractivity contribution is 0.493. The molecule has 0 radical (unpaired) electrons. The van der Waals surface area contributed by atoms with Crippen LogP contribution in [-0.4, -0.2) is 28.3 Å². The average Bonchev–Trinajstić information content (AvgIpc) is 2.74. The maximum absolute atomic E-state index is 5.90. The first-order chi connectivity index (χ1) is 9.49. The van der Waals surface area contributed by atoms with Crippen LogP contribution < -0.4 is 11.1 Å². The first kappa shape index (κ1) is 16.5. The van der Waals surface area contributed by atoms with Crippen LogP contribution in [0.1, 0.15) is 45.7 Å². The number of aryl methyl sites for hydroxylation is 1. The average molecular weight is 279 g/mol. The van der Waals surface area contributed by atoms with Gasteiger partial charge < -0.3 is 11.1 Å². The fourth-order valence-corrected chi connectivity index (χ4v) is 2.14. The van der Waals surface area contributed by atoms with E-state index in [1.54, 1.807) is 6.20 Å². The van der Waals surface area contributed by atoms with E-state index in [0.29, 0.717) is 18.5 Å². The molecule has 1 heterocycles. The summed E-state index contributed by atoms with van der Waals surface area (Å²) < 4.78 is 1.87. The Kier molecular flexibility index (Phi) is 7.12. The van der Waals surface area contributed by atoms with Crippen LogP contribution in [0.2, 0.25) is 0 Å². The van der Waals surface area contributed by atoms with Crippen molar-refractivity contribution in [2.45, 2.75) is 52.5 Å². The molecule has 0 aliphatic rings. The van der Waals surface area contributed by atoms with Crippen molar-refractivity contribution < 1.29 is 0 Å². The van der Waals surface area contributed by atoms with Crippen molar-refractivity contribution in [1.82, 2.24) is 15.1 Å². The second kappa shape index (κ2) is 8.61. The molecule has 1 aromatic rings. The molecule has 3 N–H and O–H groups in total. The first-order valence-corrected chi connectivity index (χ1v) is 7.52. The minimum absolute atomic E-state index is 0.384. The van der Waals surface area contributed by atoms with Gasteiger partial charge in [0.15, 0.2) is 5.96 Å². The number of hydrogen-bond donors (Lipinski definition) is 2. The van der Waals surface area contributed by atoms with E-state index in [2.05, 4.69) is 36.2 Å². The van der Waals surface area contributed by atoms with E-state index in [0.717, 1.165) is 18.8 Å². The number of guanidine groups is 1. The maximum Gasteiger partial charge on any atom is 0.188 e. The molecular weight excluding hydrogens is 250 g/mol. The highest BCUT2D eigenvalue weighted by atomic mass is 15.3. The summed E-state index contributed by atoms with van der Waals surface area (Å²) in [5.74, 6) is 1.32. The van der Waals surface area contributed by atoms with E-state index in [1.807, 2.05) is 17.8 Å². The number of aromatic nitrogens is 2. The van der Waals surface area contributed by atoms with Gasteiger partial charge in [-0.1, -0.05) is 26.7 Å². The van der Waals surface area contributed by atoms with Crippen LogP contribution in [-0.2, 0) is 13.5 Å². The fraction of sp³-hybridized carbons (Fsp3) is 0.733. The van der Waals surface area contributed by atoms with Crippen LogP contribution >= 0.6 is 0 Å². The van der Waals surface area contributed by atoms with E-state index in [1.165, 1.54) is 18.5 Å². The largest absolute Gasteiger partial charge is 0.370 e. The Hall–Kier alpha value is -1.52. The quantitative estimate of drug-likeness (QED) is 0.565. The summed E-state index contributed by atoms with van der Waals surface area (Å²) >= 11 is 0. The molecule has 0 bridgehead atoms. The third-order valence-corrected chi connectivity index (χ3v) is 3.39. The Morgan fingerprint density at radius 1 is 1.40 bits per heavy atom. The number of aliphatic imine (C=N–C) groups is 1. The minimum Gasteiger partial charge on any atom is -0.370 e. The second-order valence-electron chi connectivity index (χ2n) is 5.83. The van der Waals surface area contributed by atoms with Gasteiger partial charge in [-0.15, -0.1) is 0 Å². The molecule has 0 amide bonds. The molecule has 5 nitrogen and oxygen atoms in total. The van der Waals surface area contributed by atoms with Crippen molar-refractivity contribution in [2.75, 3.05) is 6.54 Å². The zero-order valence-electron chi connectivity index (χ0n) is 13.3. The van der Waals surface area contributed by atoms with Crippen molar-refractivity contribution >= 4 is 5.96 Å². The van der Waals surface area contributed by atoms with E-state index in [-0.39, 0.29) is 0 Å². The Bertz CT molecular complexity index is 408. The molecule has 0 aliphatic heterocycles. The molecule has 1 aromatic heterocycles. The van der Waals surface area contributed by atoms with Gasteiger partial charge in [0.1, 0.15) is 0 Å². The van der Waals surface area contributed by atoms with Crippen LogP contribution in [0.15, 0.2) is 17.3 Å². The number of nitrogens with one attached hydrogen (secondary N) is 1. The monoisotopic (exact) mass is 279 g/mol. The van der Waals surface area contributed by atoms with Gasteiger partial charge in [-0.05, 0) is 25.3 Å². The van der Waals surface area contributed by atoms with Crippen LogP contribution in [0, 0.1) is 5.92 Å². The van der Waals surface area contributed by atoms with Gasteiger partial charge in [-0.25, -0.2) is 0 Å². The van der Waals surface area contributed by atoms with Crippen molar-refractivity contribution in [3.05, 3.63) is 18.0 Å². The summed E-state index contributed by atoms with van der Waals surface area (Å²) in [7, 11) is 1.94. The summed E-state index contributed by atoms with van der Waals surface area (Å²) in [5.41, 5.74) is 7.07. The summed E-state index contributed by atoms with van der Waals surface area (Å²) in [6.07, 6.45) is 6.30. The van der Waals surface area contributed by atoms with Crippen molar-refractivity contribution in [2.24, 2.45) is 23.7 Å². The van der Waals surface area contributed by atoms with Gasteiger partial charge in [0.05, 0.1) is 0 Å². The third-order valence-electron chi connectivity index (χ3n) is 3.39. The third kappa shape index (κ3) is 6.59. The van der Waals surface area contributed by atoms with Gasteiger partial charge in [0.25, 0.3) is 0 Å². The molecule has 20 heavy (non-hydrogen) atoms. The van der Waals surface area contributed by atoms with E-state index in [4.69, 9.17) is 5.73 Å². The molecule has 0 aliphatic carbocycles. The van der Waals surface area contributed by atoms with Crippen molar-refractivity contribution in [1.29, 1.82) is 0 Å². The van der Waals surface area contributed by atoms with Gasteiger partial charge >= 0.3 is 0 Å². The highest BCUT2D eigenvalue weighted by Gasteiger charge is 2.04. The Balaban J connectivity index is 2.22. The summed E-state index contributed by atoms with van der Waals surface area (Å²) in [4.78, 5) is 4.37. The van der Waals surface area contributed by atoms with Gasteiger partial charge in [-0.2, -0.15) is 5.10 Å². The zero-order valence-corrected chi connectivity index (χ0v) is 13.3.